The number of morpholine rings is 1. The zero-order valence-electron chi connectivity index (χ0n) is 10.2. The van der Waals surface area contributed by atoms with Crippen LogP contribution >= 0.6 is 0 Å². The molecule has 0 radical (unpaired) electrons. The van der Waals surface area contributed by atoms with Gasteiger partial charge in [0.2, 0.25) is 0 Å². The van der Waals surface area contributed by atoms with Gasteiger partial charge in [-0.25, -0.2) is 0 Å². The number of ether oxygens (including phenoxy) is 2. The van der Waals surface area contributed by atoms with Crippen molar-refractivity contribution >= 4 is 0 Å². The Balaban J connectivity index is 0. The topological polar surface area (TPSA) is 21.7 Å². The van der Waals surface area contributed by atoms with Crippen LogP contribution in [0.25, 0.3) is 0 Å². The normalized spacial score (nSPS) is 22.4. The van der Waals surface area contributed by atoms with Gasteiger partial charge < -0.3 is 14.4 Å². The summed E-state index contributed by atoms with van der Waals surface area (Å²) in [6.07, 6.45) is 6.47. The highest BCUT2D eigenvalue weighted by Gasteiger charge is 2.09. The van der Waals surface area contributed by atoms with Gasteiger partial charge in [-0.3, -0.25) is 9.41 Å². The van der Waals surface area contributed by atoms with Crippen LogP contribution < -0.4 is 0 Å². The lowest BCUT2D eigenvalue weighted by molar-refractivity contribution is 0.0596. The molecule has 0 spiro atoms. The van der Waals surface area contributed by atoms with Gasteiger partial charge in [0.25, 0.3) is 0 Å². The van der Waals surface area contributed by atoms with Crippen LogP contribution in [0.15, 0.2) is 25.4 Å². The molecule has 102 valence electrons. The van der Waals surface area contributed by atoms with E-state index in [1.807, 2.05) is 12.3 Å². The number of nitrogens with zero attached hydrogens (tertiary/aromatic N) is 1. The molecule has 0 aromatic heterocycles. The Bertz CT molecular complexity index is 191. The molecule has 3 nitrogen and oxygen atoms in total. The Kier molecular flexibility index (Phi) is 12.5. The monoisotopic (exact) mass is 251 g/mol. The summed E-state index contributed by atoms with van der Waals surface area (Å²) >= 11 is 0. The summed E-state index contributed by atoms with van der Waals surface area (Å²) < 4.78 is 10.3. The Morgan fingerprint density at radius 1 is 1.06 bits per heavy atom. The van der Waals surface area contributed by atoms with Gasteiger partial charge in [-0.05, 0) is 19.0 Å². The second kappa shape index (κ2) is 11.5. The van der Waals surface area contributed by atoms with Gasteiger partial charge in [0, 0.05) is 19.7 Å². The molecule has 0 amide bonds. The van der Waals surface area contributed by atoms with Gasteiger partial charge in [0.1, 0.15) is 0 Å². The zero-order valence-corrected chi connectivity index (χ0v) is 10.2. The van der Waals surface area contributed by atoms with Gasteiger partial charge >= 0.3 is 0 Å². The van der Waals surface area contributed by atoms with Crippen molar-refractivity contribution < 1.29 is 18.9 Å². The minimum Gasteiger partial charge on any atom is -0.378 e. The van der Waals surface area contributed by atoms with Crippen molar-refractivity contribution in [1.82, 2.24) is 4.90 Å². The largest absolute Gasteiger partial charge is 0.378 e. The molecule has 1 atom stereocenters. The van der Waals surface area contributed by atoms with Crippen molar-refractivity contribution in [2.45, 2.75) is 18.9 Å². The van der Waals surface area contributed by atoms with Crippen LogP contribution in [0.2, 0.25) is 0 Å². The molecule has 5 heteroatoms. The SMILES string of the molecule is C=CC1CCCO1.C=CN1CCOCC1.F.F. The van der Waals surface area contributed by atoms with Crippen LogP contribution in [0.3, 0.4) is 0 Å². The molecule has 0 N–H and O–H groups in total. The summed E-state index contributed by atoms with van der Waals surface area (Å²) in [5, 5.41) is 0. The lowest BCUT2D eigenvalue weighted by Gasteiger charge is -2.24. The van der Waals surface area contributed by atoms with Crippen LogP contribution in [0, 0.1) is 0 Å². The van der Waals surface area contributed by atoms with Crippen LogP contribution in [0.5, 0.6) is 0 Å². The first-order valence-electron chi connectivity index (χ1n) is 5.55. The smallest absolute Gasteiger partial charge is 0.0754 e. The predicted molar refractivity (Wildman–Crippen MR) is 66.8 cm³/mol. The van der Waals surface area contributed by atoms with E-state index in [0.29, 0.717) is 6.10 Å². The van der Waals surface area contributed by atoms with Crippen molar-refractivity contribution in [3.05, 3.63) is 25.4 Å². The quantitative estimate of drug-likeness (QED) is 0.702. The van der Waals surface area contributed by atoms with Gasteiger partial charge in [0.05, 0.1) is 19.3 Å². The predicted octanol–water partition coefficient (Wildman–Crippen LogP) is 2.12. The van der Waals surface area contributed by atoms with Crippen LogP contribution in [0.1, 0.15) is 12.8 Å². The summed E-state index contributed by atoms with van der Waals surface area (Å²) in [5.74, 6) is 0. The van der Waals surface area contributed by atoms with Gasteiger partial charge in [-0.15, -0.1) is 6.58 Å². The maximum atomic E-state index is 5.18. The molecule has 0 aromatic carbocycles. The zero-order chi connectivity index (χ0) is 10.9. The molecule has 2 rings (SSSR count). The maximum Gasteiger partial charge on any atom is 0.0754 e. The third kappa shape index (κ3) is 7.88. The Morgan fingerprint density at radius 3 is 2.00 bits per heavy atom. The first kappa shape index (κ1) is 18.4. The summed E-state index contributed by atoms with van der Waals surface area (Å²) in [5.41, 5.74) is 0. The van der Waals surface area contributed by atoms with E-state index >= 15 is 0 Å². The Labute approximate surface area is 102 Å². The van der Waals surface area contributed by atoms with Crippen molar-refractivity contribution in [2.24, 2.45) is 0 Å². The minimum atomic E-state index is 0. The molecule has 2 aliphatic rings. The third-order valence-electron chi connectivity index (χ3n) is 2.53. The minimum absolute atomic E-state index is 0. The molecule has 0 aromatic rings. The molecular weight excluding hydrogens is 228 g/mol. The Hall–Kier alpha value is -0.940. The average Bonchev–Trinajstić information content (AvgIpc) is 2.84. The first-order valence-corrected chi connectivity index (χ1v) is 5.55. The highest BCUT2D eigenvalue weighted by Crippen LogP contribution is 2.11. The molecule has 1 unspecified atom stereocenters. The van der Waals surface area contributed by atoms with Gasteiger partial charge in [-0.1, -0.05) is 12.7 Å². The van der Waals surface area contributed by atoms with E-state index in [1.165, 1.54) is 12.8 Å². The van der Waals surface area contributed by atoms with E-state index in [0.717, 1.165) is 32.9 Å². The first-order chi connectivity index (χ1) is 7.36. The summed E-state index contributed by atoms with van der Waals surface area (Å²) in [6.45, 7) is 11.9. The van der Waals surface area contributed by atoms with E-state index in [4.69, 9.17) is 9.47 Å². The number of hydrogen-bond acceptors (Lipinski definition) is 3. The van der Waals surface area contributed by atoms with E-state index in [2.05, 4.69) is 18.1 Å². The van der Waals surface area contributed by atoms with Crippen LogP contribution in [-0.4, -0.2) is 43.9 Å². The third-order valence-corrected chi connectivity index (χ3v) is 2.53. The number of halogens is 2. The molecule has 0 saturated carbocycles. The van der Waals surface area contributed by atoms with E-state index < -0.39 is 0 Å². The Morgan fingerprint density at radius 2 is 1.71 bits per heavy atom. The maximum absolute atomic E-state index is 5.18. The van der Waals surface area contributed by atoms with Crippen molar-refractivity contribution in [3.63, 3.8) is 0 Å². The molecule has 0 aliphatic carbocycles. The summed E-state index contributed by atoms with van der Waals surface area (Å²) in [7, 11) is 0. The standard InChI is InChI=1S/C6H11NO.C6H10O.2FH/c1-2-7-3-5-8-6-4-7;1-2-6-4-3-5-7-6;;/h2H,1,3-6H2;2,6H,1,3-5H2;2*1H. The van der Waals surface area contributed by atoms with Crippen LogP contribution in [-0.2, 0) is 9.47 Å². The van der Waals surface area contributed by atoms with E-state index in [-0.39, 0.29) is 9.41 Å². The van der Waals surface area contributed by atoms with Crippen LogP contribution in [0.4, 0.5) is 9.41 Å². The highest BCUT2D eigenvalue weighted by atomic mass is 19.0. The van der Waals surface area contributed by atoms with Crippen molar-refractivity contribution in [2.75, 3.05) is 32.9 Å². The fourth-order valence-corrected chi connectivity index (χ4v) is 1.55. The summed E-state index contributed by atoms with van der Waals surface area (Å²) in [6, 6.07) is 0. The second-order valence-electron chi connectivity index (χ2n) is 3.62. The fraction of sp³-hybridized carbons (Fsp3) is 0.667. The number of hydrogen-bond donors (Lipinski definition) is 0. The van der Waals surface area contributed by atoms with Crippen molar-refractivity contribution in [1.29, 1.82) is 0 Å². The van der Waals surface area contributed by atoms with E-state index in [1.54, 1.807) is 0 Å². The molecule has 0 bridgehead atoms. The van der Waals surface area contributed by atoms with Crippen molar-refractivity contribution in [3.8, 4) is 0 Å². The van der Waals surface area contributed by atoms with Gasteiger partial charge in [0.15, 0.2) is 0 Å². The lowest BCUT2D eigenvalue weighted by atomic mass is 10.2. The number of rotatable bonds is 2. The fourth-order valence-electron chi connectivity index (χ4n) is 1.55. The molecule has 2 saturated heterocycles. The van der Waals surface area contributed by atoms with E-state index in [9.17, 15) is 0 Å². The summed E-state index contributed by atoms with van der Waals surface area (Å²) in [4.78, 5) is 2.16. The second-order valence-corrected chi connectivity index (χ2v) is 3.62. The molecular formula is C12H23F2NO2. The van der Waals surface area contributed by atoms with Gasteiger partial charge in [-0.2, -0.15) is 0 Å². The molecule has 2 fully saturated rings. The molecule has 2 aliphatic heterocycles. The lowest BCUT2D eigenvalue weighted by Crippen LogP contribution is -2.31. The molecule has 17 heavy (non-hydrogen) atoms. The molecule has 2 heterocycles. The highest BCUT2D eigenvalue weighted by molar-refractivity contribution is 4.82. The average molecular weight is 251 g/mol.